The van der Waals surface area contributed by atoms with Crippen LogP contribution in [0, 0.1) is 16.7 Å². The molecule has 0 fully saturated rings. The van der Waals surface area contributed by atoms with Gasteiger partial charge in [-0.05, 0) is 18.2 Å². The van der Waals surface area contributed by atoms with E-state index < -0.39 is 0 Å². The van der Waals surface area contributed by atoms with Crippen molar-refractivity contribution >= 4 is 46.6 Å². The number of halogens is 1. The third kappa shape index (κ3) is 3.85. The summed E-state index contributed by atoms with van der Waals surface area (Å²) in [6, 6.07) is 10.3. The smallest absolute Gasteiger partial charge is 0.137 e. The summed E-state index contributed by atoms with van der Waals surface area (Å²) in [5.74, 6) is 1.33. The van der Waals surface area contributed by atoms with Crippen LogP contribution in [0.5, 0.6) is 0 Å². The van der Waals surface area contributed by atoms with Crippen molar-refractivity contribution in [2.75, 3.05) is 16.4 Å². The zero-order valence-corrected chi connectivity index (χ0v) is 14.1. The lowest BCUT2D eigenvalue weighted by molar-refractivity contribution is 1.16. The largest absolute Gasteiger partial charge is 0.384 e. The summed E-state index contributed by atoms with van der Waals surface area (Å²) in [6.07, 6.45) is 4.07. The highest BCUT2D eigenvalue weighted by molar-refractivity contribution is 6.33. The molecule has 0 aliphatic carbocycles. The number of nitriles is 1. The van der Waals surface area contributed by atoms with Crippen LogP contribution in [0.2, 0.25) is 5.02 Å². The second kappa shape index (κ2) is 7.46. The molecule has 3 aromatic rings. The van der Waals surface area contributed by atoms with Gasteiger partial charge < -0.3 is 21.8 Å². The molecular formula is C17H13ClN8. The molecule has 0 saturated carbocycles. The van der Waals surface area contributed by atoms with Crippen molar-refractivity contribution in [3.8, 4) is 6.07 Å². The topological polar surface area (TPSA) is 136 Å². The van der Waals surface area contributed by atoms with Gasteiger partial charge in [-0.3, -0.25) is 0 Å². The van der Waals surface area contributed by atoms with Crippen molar-refractivity contribution in [3.63, 3.8) is 0 Å². The number of benzene rings is 1. The van der Waals surface area contributed by atoms with Gasteiger partial charge in [-0.15, -0.1) is 0 Å². The van der Waals surface area contributed by atoms with Gasteiger partial charge in [0, 0.05) is 30.1 Å². The first kappa shape index (κ1) is 17.1. The highest BCUT2D eigenvalue weighted by Crippen LogP contribution is 2.29. The fraction of sp³-hybridized carbons (Fsp3) is 0. The monoisotopic (exact) mass is 364 g/mol. The van der Waals surface area contributed by atoms with Crippen LogP contribution in [-0.2, 0) is 0 Å². The SMILES string of the molecule is N#Cc1ccc(Nc2cc(Nc3cc(N)ncn3)ncc2C=N)c(Cl)c1. The molecule has 26 heavy (non-hydrogen) atoms. The molecule has 0 unspecified atom stereocenters. The van der Waals surface area contributed by atoms with E-state index in [1.54, 1.807) is 36.5 Å². The van der Waals surface area contributed by atoms with E-state index in [2.05, 4.69) is 25.6 Å². The standard InChI is InChI=1S/C17H13ClN8/c18-12-3-10(6-19)1-2-13(12)25-14-4-16(22-8-11(14)7-20)26-17-5-15(21)23-9-24-17/h1-5,7-9,20H,(H4,21,22,23,24,25,26). The minimum absolute atomic E-state index is 0.335. The Bertz CT molecular complexity index is 1010. The van der Waals surface area contributed by atoms with Crippen molar-refractivity contribution in [2.24, 2.45) is 0 Å². The van der Waals surface area contributed by atoms with E-state index in [0.717, 1.165) is 0 Å². The molecular weight excluding hydrogens is 352 g/mol. The summed E-state index contributed by atoms with van der Waals surface area (Å²) >= 11 is 6.21. The molecule has 3 rings (SSSR count). The lowest BCUT2D eigenvalue weighted by atomic mass is 10.2. The molecule has 1 aromatic carbocycles. The van der Waals surface area contributed by atoms with Crippen LogP contribution in [0.25, 0.3) is 0 Å². The first-order valence-corrected chi connectivity index (χ1v) is 7.78. The third-order valence-corrected chi connectivity index (χ3v) is 3.71. The van der Waals surface area contributed by atoms with E-state index in [0.29, 0.717) is 45.0 Å². The van der Waals surface area contributed by atoms with Crippen LogP contribution in [0.1, 0.15) is 11.1 Å². The van der Waals surface area contributed by atoms with Crippen LogP contribution in [0.3, 0.4) is 0 Å². The van der Waals surface area contributed by atoms with E-state index in [9.17, 15) is 0 Å². The summed E-state index contributed by atoms with van der Waals surface area (Å²) < 4.78 is 0. The van der Waals surface area contributed by atoms with Gasteiger partial charge in [0.15, 0.2) is 0 Å². The Hall–Kier alpha value is -3.70. The fourth-order valence-corrected chi connectivity index (χ4v) is 2.39. The molecule has 0 bridgehead atoms. The molecule has 0 aliphatic heterocycles. The number of hydrogen-bond donors (Lipinski definition) is 4. The Balaban J connectivity index is 1.91. The predicted octanol–water partition coefficient (Wildman–Crippen LogP) is 3.46. The Kier molecular flexibility index (Phi) is 4.92. The average molecular weight is 365 g/mol. The summed E-state index contributed by atoms with van der Waals surface area (Å²) in [4.78, 5) is 12.1. The van der Waals surface area contributed by atoms with Crippen LogP contribution in [0.15, 0.2) is 42.9 Å². The highest BCUT2D eigenvalue weighted by Gasteiger charge is 2.08. The minimum Gasteiger partial charge on any atom is -0.384 e. The van der Waals surface area contributed by atoms with Gasteiger partial charge in [0.25, 0.3) is 0 Å². The van der Waals surface area contributed by atoms with Gasteiger partial charge >= 0.3 is 0 Å². The number of nitrogens with two attached hydrogens (primary N) is 1. The maximum absolute atomic E-state index is 8.93. The Labute approximate surface area is 154 Å². The number of aromatic nitrogens is 3. The summed E-state index contributed by atoms with van der Waals surface area (Å²) in [7, 11) is 0. The molecule has 0 spiro atoms. The average Bonchev–Trinajstić information content (AvgIpc) is 2.63. The third-order valence-electron chi connectivity index (χ3n) is 3.40. The first-order chi connectivity index (χ1) is 12.6. The van der Waals surface area contributed by atoms with Gasteiger partial charge in [0.1, 0.15) is 23.8 Å². The molecule has 0 aliphatic rings. The zero-order valence-electron chi connectivity index (χ0n) is 13.4. The summed E-state index contributed by atoms with van der Waals surface area (Å²) in [5, 5.41) is 23.0. The maximum Gasteiger partial charge on any atom is 0.137 e. The van der Waals surface area contributed by atoms with Crippen LogP contribution < -0.4 is 16.4 Å². The molecule has 0 radical (unpaired) electrons. The van der Waals surface area contributed by atoms with Crippen molar-refractivity contribution in [1.29, 1.82) is 10.7 Å². The van der Waals surface area contributed by atoms with E-state index in [1.807, 2.05) is 6.07 Å². The van der Waals surface area contributed by atoms with Gasteiger partial charge in [0.2, 0.25) is 0 Å². The van der Waals surface area contributed by atoms with Crippen LogP contribution in [0.4, 0.5) is 28.8 Å². The van der Waals surface area contributed by atoms with Crippen LogP contribution in [-0.4, -0.2) is 21.2 Å². The number of hydrogen-bond acceptors (Lipinski definition) is 8. The van der Waals surface area contributed by atoms with Crippen molar-refractivity contribution in [3.05, 3.63) is 59.0 Å². The fourth-order valence-electron chi connectivity index (χ4n) is 2.16. The van der Waals surface area contributed by atoms with Gasteiger partial charge in [0.05, 0.1) is 28.0 Å². The molecule has 0 atom stereocenters. The first-order valence-electron chi connectivity index (χ1n) is 7.41. The molecule has 0 amide bonds. The Morgan fingerprint density at radius 2 is 1.88 bits per heavy atom. The van der Waals surface area contributed by atoms with E-state index in [1.165, 1.54) is 12.5 Å². The predicted molar refractivity (Wildman–Crippen MR) is 101 cm³/mol. The quantitative estimate of drug-likeness (QED) is 0.509. The molecule has 9 heteroatoms. The number of nitrogen functional groups attached to an aromatic ring is 1. The molecule has 0 saturated heterocycles. The summed E-state index contributed by atoms with van der Waals surface area (Å²) in [6.45, 7) is 0. The normalized spacial score (nSPS) is 10.0. The van der Waals surface area contributed by atoms with Gasteiger partial charge in [-0.2, -0.15) is 5.26 Å². The maximum atomic E-state index is 8.93. The molecule has 8 nitrogen and oxygen atoms in total. The molecule has 128 valence electrons. The number of nitrogens with zero attached hydrogens (tertiary/aromatic N) is 4. The number of rotatable bonds is 5. The van der Waals surface area contributed by atoms with Crippen LogP contribution >= 0.6 is 11.6 Å². The van der Waals surface area contributed by atoms with Crippen molar-refractivity contribution in [2.45, 2.75) is 0 Å². The molecule has 5 N–H and O–H groups in total. The number of pyridine rings is 1. The van der Waals surface area contributed by atoms with Crippen molar-refractivity contribution < 1.29 is 0 Å². The zero-order chi connectivity index (χ0) is 18.5. The van der Waals surface area contributed by atoms with Gasteiger partial charge in [-0.1, -0.05) is 11.6 Å². The number of anilines is 5. The molecule has 2 aromatic heterocycles. The summed E-state index contributed by atoms with van der Waals surface area (Å²) in [5.41, 5.74) is 7.90. The highest BCUT2D eigenvalue weighted by atomic mass is 35.5. The van der Waals surface area contributed by atoms with E-state index in [4.69, 9.17) is 28.0 Å². The Morgan fingerprint density at radius 1 is 1.08 bits per heavy atom. The Morgan fingerprint density at radius 3 is 2.58 bits per heavy atom. The van der Waals surface area contributed by atoms with Gasteiger partial charge in [-0.25, -0.2) is 15.0 Å². The molecule has 2 heterocycles. The lowest BCUT2D eigenvalue weighted by Crippen LogP contribution is -2.02. The van der Waals surface area contributed by atoms with Crippen molar-refractivity contribution in [1.82, 2.24) is 15.0 Å². The minimum atomic E-state index is 0.335. The lowest BCUT2D eigenvalue weighted by Gasteiger charge is -2.13. The van der Waals surface area contributed by atoms with E-state index >= 15 is 0 Å². The second-order valence-corrected chi connectivity index (χ2v) is 5.59. The van der Waals surface area contributed by atoms with E-state index in [-0.39, 0.29) is 0 Å². The second-order valence-electron chi connectivity index (χ2n) is 5.19. The number of nitrogens with one attached hydrogen (secondary N) is 3.